The van der Waals surface area contributed by atoms with Crippen LogP contribution in [0.25, 0.3) is 0 Å². The van der Waals surface area contributed by atoms with Crippen molar-refractivity contribution in [2.45, 2.75) is 23.2 Å². The second-order valence-electron chi connectivity index (χ2n) is 8.39. The number of carbonyl (C=O) groups excluding carboxylic acids is 1. The first-order chi connectivity index (χ1) is 17.2. The molecule has 4 N–H and O–H groups in total. The van der Waals surface area contributed by atoms with E-state index in [0.717, 1.165) is 25.1 Å². The third-order valence-corrected chi connectivity index (χ3v) is 8.55. The number of amides is 1. The standard InChI is InChI=1S/C25H24F2IN3O4S/c26-16-11-21(31-20-9-8-17(28)13-19(20)27)23(24(29)32)22(12-16)35-25(15-5-4-10-30-14-15)36(33,34)18-6-2-1-3-7-18/h1-3,6-9,11-13,15,25,30-31H,4-5,10,14H2,(H2,29,32). The molecule has 190 valence electrons. The number of carbonyl (C=O) groups is 1. The number of nitrogens with two attached hydrogens (primary N) is 1. The first-order valence-corrected chi connectivity index (χ1v) is 13.8. The molecule has 3 aromatic rings. The first-order valence-electron chi connectivity index (χ1n) is 11.2. The van der Waals surface area contributed by atoms with Gasteiger partial charge in [-0.05, 0) is 78.4 Å². The van der Waals surface area contributed by atoms with Crippen LogP contribution in [0.5, 0.6) is 5.75 Å². The summed E-state index contributed by atoms with van der Waals surface area (Å²) < 4.78 is 63.1. The van der Waals surface area contributed by atoms with Gasteiger partial charge in [-0.15, -0.1) is 0 Å². The lowest BCUT2D eigenvalue weighted by Gasteiger charge is -2.31. The Morgan fingerprint density at radius 2 is 1.86 bits per heavy atom. The van der Waals surface area contributed by atoms with Crippen LogP contribution in [0.15, 0.2) is 65.6 Å². The number of halogens is 3. The number of benzene rings is 3. The number of sulfone groups is 1. The third kappa shape index (κ3) is 5.79. The number of piperidine rings is 1. The minimum absolute atomic E-state index is 0.0144. The number of anilines is 2. The van der Waals surface area contributed by atoms with E-state index in [-0.39, 0.29) is 27.6 Å². The van der Waals surface area contributed by atoms with Gasteiger partial charge in [0.25, 0.3) is 5.91 Å². The molecule has 0 saturated carbocycles. The number of nitrogens with one attached hydrogen (secondary N) is 2. The summed E-state index contributed by atoms with van der Waals surface area (Å²) in [5, 5.41) is 5.86. The molecule has 3 aromatic carbocycles. The van der Waals surface area contributed by atoms with Gasteiger partial charge in [-0.3, -0.25) is 4.79 Å². The maximum Gasteiger partial charge on any atom is 0.254 e. The topological polar surface area (TPSA) is 111 Å². The van der Waals surface area contributed by atoms with E-state index in [1.807, 2.05) is 22.6 Å². The molecule has 1 saturated heterocycles. The third-order valence-electron chi connectivity index (χ3n) is 5.85. The highest BCUT2D eigenvalue weighted by Gasteiger charge is 2.38. The lowest BCUT2D eigenvalue weighted by atomic mass is 10.0. The summed E-state index contributed by atoms with van der Waals surface area (Å²) in [6, 6.07) is 14.0. The Bertz CT molecular complexity index is 1370. The lowest BCUT2D eigenvalue weighted by Crippen LogP contribution is -2.44. The summed E-state index contributed by atoms with van der Waals surface area (Å²) in [7, 11) is -4.06. The van der Waals surface area contributed by atoms with E-state index in [1.54, 1.807) is 24.3 Å². The highest BCUT2D eigenvalue weighted by molar-refractivity contribution is 14.1. The zero-order valence-electron chi connectivity index (χ0n) is 19.0. The van der Waals surface area contributed by atoms with Crippen LogP contribution in [0.4, 0.5) is 20.2 Å². The molecule has 4 rings (SSSR count). The fourth-order valence-corrected chi connectivity index (χ4v) is 6.38. The normalized spacial score (nSPS) is 16.8. The molecule has 11 heteroatoms. The molecule has 7 nitrogen and oxygen atoms in total. The van der Waals surface area contributed by atoms with Crippen molar-refractivity contribution in [3.8, 4) is 5.75 Å². The molecule has 1 fully saturated rings. The summed E-state index contributed by atoms with van der Waals surface area (Å²) in [5.74, 6) is -3.25. The summed E-state index contributed by atoms with van der Waals surface area (Å²) in [4.78, 5) is 12.5. The minimum Gasteiger partial charge on any atom is -0.473 e. The van der Waals surface area contributed by atoms with E-state index in [1.165, 1.54) is 24.3 Å². The number of primary amides is 1. The smallest absolute Gasteiger partial charge is 0.254 e. The van der Waals surface area contributed by atoms with Gasteiger partial charge in [-0.25, -0.2) is 17.2 Å². The number of hydrogen-bond donors (Lipinski definition) is 3. The van der Waals surface area contributed by atoms with E-state index < -0.39 is 38.7 Å². The summed E-state index contributed by atoms with van der Waals surface area (Å²) in [6.45, 7) is 1.09. The second-order valence-corrected chi connectivity index (χ2v) is 11.7. The molecule has 0 aromatic heterocycles. The van der Waals surface area contributed by atoms with Crippen LogP contribution < -0.4 is 21.1 Å². The molecule has 1 heterocycles. The predicted octanol–water partition coefficient (Wildman–Crippen LogP) is 4.59. The van der Waals surface area contributed by atoms with Crippen molar-refractivity contribution in [2.24, 2.45) is 11.7 Å². The molecule has 1 aliphatic rings. The molecule has 2 atom stereocenters. The van der Waals surface area contributed by atoms with Crippen molar-refractivity contribution in [3.05, 3.63) is 81.4 Å². The fraction of sp³-hybridized carbons (Fsp3) is 0.240. The Kier molecular flexibility index (Phi) is 8.10. The number of hydrogen-bond acceptors (Lipinski definition) is 6. The van der Waals surface area contributed by atoms with Gasteiger partial charge in [0.15, 0.2) is 0 Å². The van der Waals surface area contributed by atoms with Gasteiger partial charge in [0.2, 0.25) is 15.3 Å². The largest absolute Gasteiger partial charge is 0.473 e. The van der Waals surface area contributed by atoms with Crippen LogP contribution in [-0.2, 0) is 9.84 Å². The number of ether oxygens (including phenoxy) is 1. The molecule has 2 unspecified atom stereocenters. The van der Waals surface area contributed by atoms with Crippen LogP contribution in [0, 0.1) is 21.1 Å². The molecular weight excluding hydrogens is 603 g/mol. The van der Waals surface area contributed by atoms with Gasteiger partial charge in [-0.1, -0.05) is 18.2 Å². The Labute approximate surface area is 221 Å². The Balaban J connectivity index is 1.79. The maximum absolute atomic E-state index is 14.7. The monoisotopic (exact) mass is 627 g/mol. The van der Waals surface area contributed by atoms with E-state index in [4.69, 9.17) is 10.5 Å². The van der Waals surface area contributed by atoms with Gasteiger partial charge < -0.3 is 21.1 Å². The zero-order chi connectivity index (χ0) is 25.9. The average Bonchev–Trinajstić information content (AvgIpc) is 2.84. The molecule has 36 heavy (non-hydrogen) atoms. The van der Waals surface area contributed by atoms with Gasteiger partial charge in [0, 0.05) is 22.1 Å². The predicted molar refractivity (Wildman–Crippen MR) is 141 cm³/mol. The van der Waals surface area contributed by atoms with Crippen LogP contribution >= 0.6 is 22.6 Å². The van der Waals surface area contributed by atoms with Crippen LogP contribution in [0.1, 0.15) is 23.2 Å². The molecule has 0 radical (unpaired) electrons. The summed E-state index contributed by atoms with van der Waals surface area (Å²) >= 11 is 1.94. The minimum atomic E-state index is -4.06. The summed E-state index contributed by atoms with van der Waals surface area (Å²) in [5.41, 5.74) is 3.75. The Morgan fingerprint density at radius 1 is 1.11 bits per heavy atom. The van der Waals surface area contributed by atoms with E-state index in [2.05, 4.69) is 10.6 Å². The number of rotatable bonds is 8. The van der Waals surface area contributed by atoms with Gasteiger partial charge in [0.05, 0.1) is 16.3 Å². The first kappa shape index (κ1) is 26.3. The highest BCUT2D eigenvalue weighted by atomic mass is 127. The van der Waals surface area contributed by atoms with Crippen molar-refractivity contribution in [1.82, 2.24) is 5.32 Å². The SMILES string of the molecule is NC(=O)c1c(Nc2ccc(I)cc2F)cc(F)cc1OC(C1CCCNC1)S(=O)(=O)c1ccccc1. The van der Waals surface area contributed by atoms with Crippen molar-refractivity contribution in [3.63, 3.8) is 0 Å². The van der Waals surface area contributed by atoms with Crippen molar-refractivity contribution >= 4 is 49.7 Å². The second kappa shape index (κ2) is 11.1. The highest BCUT2D eigenvalue weighted by Crippen LogP contribution is 2.35. The Hall–Kier alpha value is -2.77. The lowest BCUT2D eigenvalue weighted by molar-refractivity contribution is 0.0992. The molecule has 0 spiro atoms. The van der Waals surface area contributed by atoms with Crippen LogP contribution in [0.3, 0.4) is 0 Å². The van der Waals surface area contributed by atoms with Gasteiger partial charge in [-0.2, -0.15) is 0 Å². The van der Waals surface area contributed by atoms with E-state index in [0.29, 0.717) is 16.5 Å². The fourth-order valence-electron chi connectivity index (χ4n) is 4.16. The van der Waals surface area contributed by atoms with E-state index >= 15 is 0 Å². The van der Waals surface area contributed by atoms with E-state index in [9.17, 15) is 22.0 Å². The average molecular weight is 627 g/mol. The van der Waals surface area contributed by atoms with Crippen molar-refractivity contribution < 1.29 is 26.7 Å². The van der Waals surface area contributed by atoms with Gasteiger partial charge in [0.1, 0.15) is 22.9 Å². The van der Waals surface area contributed by atoms with Crippen LogP contribution in [0.2, 0.25) is 0 Å². The molecule has 0 aliphatic carbocycles. The van der Waals surface area contributed by atoms with Gasteiger partial charge >= 0.3 is 0 Å². The molecule has 1 amide bonds. The van der Waals surface area contributed by atoms with Crippen LogP contribution in [-0.4, -0.2) is 32.9 Å². The van der Waals surface area contributed by atoms with Crippen molar-refractivity contribution in [1.29, 1.82) is 0 Å². The maximum atomic E-state index is 14.7. The molecule has 1 aliphatic heterocycles. The van der Waals surface area contributed by atoms with Crippen molar-refractivity contribution in [2.75, 3.05) is 18.4 Å². The quantitative estimate of drug-likeness (QED) is 0.316. The Morgan fingerprint density at radius 3 is 2.50 bits per heavy atom. The molecule has 0 bridgehead atoms. The summed E-state index contributed by atoms with van der Waals surface area (Å²) in [6.07, 6.45) is 1.27. The molecular formula is C25H24F2IN3O4S. The zero-order valence-corrected chi connectivity index (χ0v) is 22.0.